The number of hydrogen-bond acceptors (Lipinski definition) is 6. The van der Waals surface area contributed by atoms with Crippen molar-refractivity contribution >= 4 is 27.5 Å². The van der Waals surface area contributed by atoms with Crippen molar-refractivity contribution in [2.45, 2.75) is 25.5 Å². The Morgan fingerprint density at radius 2 is 2.04 bits per heavy atom. The van der Waals surface area contributed by atoms with Crippen molar-refractivity contribution < 1.29 is 14.6 Å². The lowest BCUT2D eigenvalue weighted by Crippen LogP contribution is -2.48. The molecule has 136 valence electrons. The van der Waals surface area contributed by atoms with Gasteiger partial charge in [-0.2, -0.15) is 0 Å². The molecule has 0 aliphatic rings. The van der Waals surface area contributed by atoms with Gasteiger partial charge in [0, 0.05) is 22.6 Å². The molecule has 8 heteroatoms. The van der Waals surface area contributed by atoms with E-state index in [0.717, 1.165) is 4.47 Å². The Bertz CT molecular complexity index is 670. The monoisotopic (exact) mass is 429 g/mol. The second-order valence-electron chi connectivity index (χ2n) is 6.17. The Balaban J connectivity index is 1.71. The van der Waals surface area contributed by atoms with Crippen LogP contribution in [0.1, 0.15) is 13.8 Å². The fraction of sp³-hybridized carbons (Fsp3) is 0.412. The van der Waals surface area contributed by atoms with Crippen LogP contribution in [0.4, 0.5) is 0 Å². The number of β-amino-alcohol motifs (C(OH)–C–C–N with tert-alkyl or cyclic N) is 1. The van der Waals surface area contributed by atoms with Crippen LogP contribution in [0.25, 0.3) is 0 Å². The van der Waals surface area contributed by atoms with Crippen LogP contribution in [0.5, 0.6) is 11.6 Å². The average Bonchev–Trinajstić information content (AvgIpc) is 2.58. The summed E-state index contributed by atoms with van der Waals surface area (Å²) >= 11 is 9.07. The standard InChI is InChI=1S/C17H21BrClN3O3/c1-17(2,11-25-16-7-6-15(19)21-22-16)20-9-13(23)10-24-14-5-3-4-12(18)8-14/h3-8,13,20,23H,9-11H2,1-2H3. The lowest BCUT2D eigenvalue weighted by molar-refractivity contribution is 0.0922. The number of aromatic nitrogens is 2. The van der Waals surface area contributed by atoms with E-state index in [9.17, 15) is 5.11 Å². The van der Waals surface area contributed by atoms with E-state index in [-0.39, 0.29) is 12.1 Å². The van der Waals surface area contributed by atoms with Gasteiger partial charge in [-0.25, -0.2) is 0 Å². The molecular formula is C17H21BrClN3O3. The molecule has 0 bridgehead atoms. The first-order valence-corrected chi connectivity index (χ1v) is 8.95. The molecule has 0 aliphatic heterocycles. The fourth-order valence-electron chi connectivity index (χ4n) is 1.89. The topological polar surface area (TPSA) is 76.5 Å². The van der Waals surface area contributed by atoms with E-state index in [2.05, 4.69) is 31.4 Å². The van der Waals surface area contributed by atoms with Crippen molar-refractivity contribution in [2.24, 2.45) is 0 Å². The summed E-state index contributed by atoms with van der Waals surface area (Å²) in [4.78, 5) is 0. The van der Waals surface area contributed by atoms with Crippen LogP contribution in [-0.4, -0.2) is 46.7 Å². The molecule has 1 aromatic carbocycles. The van der Waals surface area contributed by atoms with Gasteiger partial charge >= 0.3 is 0 Å². The van der Waals surface area contributed by atoms with Gasteiger partial charge in [0.15, 0.2) is 5.15 Å². The molecule has 0 saturated carbocycles. The minimum atomic E-state index is -0.645. The van der Waals surface area contributed by atoms with Crippen molar-refractivity contribution in [3.8, 4) is 11.6 Å². The summed E-state index contributed by atoms with van der Waals surface area (Å²) in [5.41, 5.74) is -0.363. The molecule has 0 aliphatic carbocycles. The molecule has 0 saturated heterocycles. The van der Waals surface area contributed by atoms with Gasteiger partial charge in [-0.3, -0.25) is 0 Å². The van der Waals surface area contributed by atoms with Crippen molar-refractivity contribution in [1.82, 2.24) is 15.5 Å². The minimum Gasteiger partial charge on any atom is -0.491 e. The van der Waals surface area contributed by atoms with Gasteiger partial charge in [-0.15, -0.1) is 10.2 Å². The summed E-state index contributed by atoms with van der Waals surface area (Å²) in [6.45, 7) is 4.87. The van der Waals surface area contributed by atoms with Crippen LogP contribution in [0.2, 0.25) is 5.15 Å². The number of ether oxygens (including phenoxy) is 2. The molecule has 1 heterocycles. The molecule has 6 nitrogen and oxygen atoms in total. The summed E-state index contributed by atoms with van der Waals surface area (Å²) in [5, 5.41) is 21.2. The maximum Gasteiger partial charge on any atom is 0.233 e. The Kier molecular flexibility index (Phi) is 7.43. The Morgan fingerprint density at radius 3 is 2.72 bits per heavy atom. The third-order valence-electron chi connectivity index (χ3n) is 3.24. The van der Waals surface area contributed by atoms with Gasteiger partial charge in [0.1, 0.15) is 25.1 Å². The van der Waals surface area contributed by atoms with Crippen LogP contribution in [0, 0.1) is 0 Å². The van der Waals surface area contributed by atoms with Crippen molar-refractivity contribution in [2.75, 3.05) is 19.8 Å². The third-order valence-corrected chi connectivity index (χ3v) is 3.94. The van der Waals surface area contributed by atoms with Crippen molar-refractivity contribution in [3.05, 3.63) is 46.0 Å². The van der Waals surface area contributed by atoms with E-state index in [0.29, 0.717) is 29.9 Å². The molecule has 0 radical (unpaired) electrons. The summed E-state index contributed by atoms with van der Waals surface area (Å²) in [5.74, 6) is 1.11. The van der Waals surface area contributed by atoms with Gasteiger partial charge in [0.25, 0.3) is 0 Å². The molecule has 1 aromatic heterocycles. The van der Waals surface area contributed by atoms with Crippen LogP contribution in [-0.2, 0) is 0 Å². The predicted molar refractivity (Wildman–Crippen MR) is 100 cm³/mol. The maximum atomic E-state index is 10.1. The highest BCUT2D eigenvalue weighted by Crippen LogP contribution is 2.18. The molecule has 0 spiro atoms. The van der Waals surface area contributed by atoms with E-state index < -0.39 is 6.10 Å². The first-order valence-electron chi connectivity index (χ1n) is 7.77. The fourth-order valence-corrected chi connectivity index (χ4v) is 2.37. The Hall–Kier alpha value is -1.41. The maximum absolute atomic E-state index is 10.1. The zero-order valence-electron chi connectivity index (χ0n) is 14.1. The van der Waals surface area contributed by atoms with E-state index in [4.69, 9.17) is 21.1 Å². The molecule has 0 fully saturated rings. The van der Waals surface area contributed by atoms with Crippen LogP contribution >= 0.6 is 27.5 Å². The first kappa shape index (κ1) is 19.9. The number of benzene rings is 1. The third kappa shape index (κ3) is 7.56. The molecule has 2 N–H and O–H groups in total. The van der Waals surface area contributed by atoms with Gasteiger partial charge in [-0.1, -0.05) is 33.6 Å². The highest BCUT2D eigenvalue weighted by molar-refractivity contribution is 9.10. The number of aliphatic hydroxyl groups is 1. The van der Waals surface area contributed by atoms with Crippen LogP contribution < -0.4 is 14.8 Å². The van der Waals surface area contributed by atoms with E-state index in [1.165, 1.54) is 0 Å². The predicted octanol–water partition coefficient (Wildman–Crippen LogP) is 3.08. The number of nitrogens with one attached hydrogen (secondary N) is 1. The van der Waals surface area contributed by atoms with Gasteiger partial charge in [-0.05, 0) is 38.1 Å². The largest absolute Gasteiger partial charge is 0.491 e. The summed E-state index contributed by atoms with van der Waals surface area (Å²) in [6, 6.07) is 10.8. The second-order valence-corrected chi connectivity index (χ2v) is 7.47. The molecular weight excluding hydrogens is 410 g/mol. The molecule has 2 aromatic rings. The van der Waals surface area contributed by atoms with Gasteiger partial charge in [0.2, 0.25) is 5.88 Å². The SMILES string of the molecule is CC(C)(COc1ccc(Cl)nn1)NCC(O)COc1cccc(Br)c1. The molecule has 1 unspecified atom stereocenters. The molecule has 2 rings (SSSR count). The average molecular weight is 431 g/mol. The van der Waals surface area contributed by atoms with Crippen molar-refractivity contribution in [3.63, 3.8) is 0 Å². The second kappa shape index (κ2) is 9.33. The van der Waals surface area contributed by atoms with E-state index in [1.807, 2.05) is 38.1 Å². The van der Waals surface area contributed by atoms with Crippen LogP contribution in [0.3, 0.4) is 0 Å². The summed E-state index contributed by atoms with van der Waals surface area (Å²) < 4.78 is 12.1. The first-order chi connectivity index (χ1) is 11.8. The van der Waals surface area contributed by atoms with Gasteiger partial charge in [0.05, 0.1) is 0 Å². The number of aliphatic hydroxyl groups excluding tert-OH is 1. The Labute approximate surface area is 160 Å². The lowest BCUT2D eigenvalue weighted by atomic mass is 10.1. The normalized spacial score (nSPS) is 12.7. The number of rotatable bonds is 9. The number of nitrogens with zero attached hydrogens (tertiary/aromatic N) is 2. The van der Waals surface area contributed by atoms with E-state index in [1.54, 1.807) is 12.1 Å². The summed E-state index contributed by atoms with van der Waals surface area (Å²) in [6.07, 6.45) is -0.645. The molecule has 0 amide bonds. The molecule has 25 heavy (non-hydrogen) atoms. The zero-order chi connectivity index (χ0) is 18.3. The lowest BCUT2D eigenvalue weighted by Gasteiger charge is -2.27. The molecule has 1 atom stereocenters. The number of halogens is 2. The van der Waals surface area contributed by atoms with E-state index >= 15 is 0 Å². The highest BCUT2D eigenvalue weighted by Gasteiger charge is 2.20. The van der Waals surface area contributed by atoms with Gasteiger partial charge < -0.3 is 19.9 Å². The van der Waals surface area contributed by atoms with Crippen molar-refractivity contribution in [1.29, 1.82) is 0 Å². The Morgan fingerprint density at radius 1 is 1.24 bits per heavy atom. The summed E-state index contributed by atoms with van der Waals surface area (Å²) in [7, 11) is 0. The minimum absolute atomic E-state index is 0.197. The number of hydrogen-bond donors (Lipinski definition) is 2. The quantitative estimate of drug-likeness (QED) is 0.637. The van der Waals surface area contributed by atoms with Crippen LogP contribution in [0.15, 0.2) is 40.9 Å². The highest BCUT2D eigenvalue weighted by atomic mass is 79.9. The smallest absolute Gasteiger partial charge is 0.233 e. The zero-order valence-corrected chi connectivity index (χ0v) is 16.4.